The smallest absolute Gasteiger partial charge is 0.180 e. The standard InChI is InChI=1S/C29H35BrN8/c1-20(2)36-13-9-22(10-14-36)33-26-25(30)19-32-29-27(26)34-28(35-29)21-3-5-23(6-4-21)37-15-17-38(18-16-37)24-7-11-31-12-8-24/h3-8,11-12,19-20,22H,9-10,13-18H2,1-2H3,(H2,32,33,34,35). The van der Waals surface area contributed by atoms with E-state index >= 15 is 0 Å². The van der Waals surface area contributed by atoms with Gasteiger partial charge >= 0.3 is 0 Å². The highest BCUT2D eigenvalue weighted by atomic mass is 79.9. The van der Waals surface area contributed by atoms with Crippen molar-refractivity contribution in [2.75, 3.05) is 54.4 Å². The molecule has 0 bridgehead atoms. The van der Waals surface area contributed by atoms with Crippen LogP contribution in [0.1, 0.15) is 26.7 Å². The first-order chi connectivity index (χ1) is 18.5. The molecule has 2 aliphatic rings. The van der Waals surface area contributed by atoms with Crippen molar-refractivity contribution in [3.05, 3.63) is 59.5 Å². The first-order valence-corrected chi connectivity index (χ1v) is 14.4. The number of fused-ring (bicyclic) bond motifs is 1. The maximum absolute atomic E-state index is 4.84. The number of aromatic amines is 1. The molecule has 2 aliphatic heterocycles. The number of imidazole rings is 1. The third kappa shape index (κ3) is 5.22. The van der Waals surface area contributed by atoms with E-state index in [1.165, 1.54) is 11.4 Å². The Kier molecular flexibility index (Phi) is 7.21. The quantitative estimate of drug-likeness (QED) is 0.319. The van der Waals surface area contributed by atoms with Crippen LogP contribution in [0.25, 0.3) is 22.6 Å². The molecular formula is C29H35BrN8. The fourth-order valence-corrected chi connectivity index (χ4v) is 6.00. The van der Waals surface area contributed by atoms with Crippen molar-refractivity contribution in [1.29, 1.82) is 0 Å². The van der Waals surface area contributed by atoms with Crippen molar-refractivity contribution in [1.82, 2.24) is 24.8 Å². The molecule has 0 atom stereocenters. The number of pyridine rings is 2. The van der Waals surface area contributed by atoms with Crippen LogP contribution in [0.5, 0.6) is 0 Å². The summed E-state index contributed by atoms with van der Waals surface area (Å²) in [6, 6.07) is 13.9. The summed E-state index contributed by atoms with van der Waals surface area (Å²) in [6.07, 6.45) is 7.85. The normalized spacial score (nSPS) is 17.5. The van der Waals surface area contributed by atoms with E-state index in [0.717, 1.165) is 84.8 Å². The lowest BCUT2D eigenvalue weighted by Gasteiger charge is -2.37. The molecule has 5 heterocycles. The first-order valence-electron chi connectivity index (χ1n) is 13.6. The van der Waals surface area contributed by atoms with Gasteiger partial charge in [0.1, 0.15) is 11.3 Å². The summed E-state index contributed by atoms with van der Waals surface area (Å²) in [5.74, 6) is 0.845. The number of likely N-dealkylation sites (tertiary alicyclic amines) is 1. The van der Waals surface area contributed by atoms with Gasteiger partial charge < -0.3 is 25.0 Å². The van der Waals surface area contributed by atoms with Gasteiger partial charge in [0.25, 0.3) is 0 Å². The van der Waals surface area contributed by atoms with Crippen LogP contribution in [0, 0.1) is 0 Å². The molecular weight excluding hydrogens is 540 g/mol. The number of hydrogen-bond donors (Lipinski definition) is 2. The Morgan fingerprint density at radius 1 is 0.895 bits per heavy atom. The van der Waals surface area contributed by atoms with Gasteiger partial charge in [-0.1, -0.05) is 0 Å². The number of aromatic nitrogens is 4. The minimum atomic E-state index is 0.442. The van der Waals surface area contributed by atoms with Gasteiger partial charge in [-0.3, -0.25) is 4.98 Å². The van der Waals surface area contributed by atoms with Gasteiger partial charge in [0.2, 0.25) is 0 Å². The third-order valence-corrected chi connectivity index (χ3v) is 8.50. The van der Waals surface area contributed by atoms with Crippen molar-refractivity contribution >= 4 is 44.2 Å². The molecule has 38 heavy (non-hydrogen) atoms. The molecule has 8 nitrogen and oxygen atoms in total. The molecule has 9 heteroatoms. The second-order valence-corrected chi connectivity index (χ2v) is 11.4. The molecule has 0 unspecified atom stereocenters. The lowest BCUT2D eigenvalue weighted by atomic mass is 10.0. The maximum atomic E-state index is 4.84. The van der Waals surface area contributed by atoms with Crippen LogP contribution < -0.4 is 15.1 Å². The van der Waals surface area contributed by atoms with E-state index in [1.807, 2.05) is 18.6 Å². The Balaban J connectivity index is 1.15. The van der Waals surface area contributed by atoms with Crippen LogP contribution in [0.15, 0.2) is 59.5 Å². The van der Waals surface area contributed by atoms with Gasteiger partial charge in [-0.25, -0.2) is 9.97 Å². The molecule has 2 N–H and O–H groups in total. The highest BCUT2D eigenvalue weighted by molar-refractivity contribution is 9.10. The molecule has 3 aromatic heterocycles. The van der Waals surface area contributed by atoms with Crippen LogP contribution in [-0.4, -0.2) is 76.2 Å². The van der Waals surface area contributed by atoms with Gasteiger partial charge in [-0.2, -0.15) is 0 Å². The number of halogens is 1. The van der Waals surface area contributed by atoms with Crippen LogP contribution in [0.3, 0.4) is 0 Å². The Labute approximate surface area is 232 Å². The highest BCUT2D eigenvalue weighted by Crippen LogP contribution is 2.33. The van der Waals surface area contributed by atoms with Crippen LogP contribution in [0.4, 0.5) is 17.1 Å². The van der Waals surface area contributed by atoms with Crippen LogP contribution in [-0.2, 0) is 0 Å². The number of anilines is 3. The zero-order valence-electron chi connectivity index (χ0n) is 22.1. The molecule has 198 valence electrons. The molecule has 0 amide bonds. The summed E-state index contributed by atoms with van der Waals surface area (Å²) in [6.45, 7) is 10.8. The van der Waals surface area contributed by atoms with E-state index in [1.54, 1.807) is 0 Å². The van der Waals surface area contributed by atoms with Gasteiger partial charge in [0.05, 0.1) is 10.2 Å². The van der Waals surface area contributed by atoms with E-state index in [2.05, 4.69) is 101 Å². The molecule has 2 saturated heterocycles. The second-order valence-electron chi connectivity index (χ2n) is 10.5. The van der Waals surface area contributed by atoms with E-state index < -0.39 is 0 Å². The average Bonchev–Trinajstić information content (AvgIpc) is 3.40. The van der Waals surface area contributed by atoms with Crippen molar-refractivity contribution in [3.63, 3.8) is 0 Å². The molecule has 0 saturated carbocycles. The van der Waals surface area contributed by atoms with E-state index in [-0.39, 0.29) is 0 Å². The van der Waals surface area contributed by atoms with E-state index in [9.17, 15) is 0 Å². The van der Waals surface area contributed by atoms with Crippen molar-refractivity contribution in [2.45, 2.75) is 38.8 Å². The van der Waals surface area contributed by atoms with E-state index in [0.29, 0.717) is 12.1 Å². The minimum absolute atomic E-state index is 0.442. The van der Waals surface area contributed by atoms with Crippen molar-refractivity contribution < 1.29 is 0 Å². The fraction of sp³-hybridized carbons (Fsp3) is 0.414. The average molecular weight is 576 g/mol. The van der Waals surface area contributed by atoms with Crippen molar-refractivity contribution in [3.8, 4) is 11.4 Å². The Hall–Kier alpha value is -3.17. The Morgan fingerprint density at radius 2 is 1.53 bits per heavy atom. The number of H-pyrrole nitrogens is 1. The Bertz CT molecular complexity index is 1350. The topological polar surface area (TPSA) is 76.2 Å². The lowest BCUT2D eigenvalue weighted by Crippen LogP contribution is -2.46. The summed E-state index contributed by atoms with van der Waals surface area (Å²) in [5.41, 5.74) is 6.30. The number of hydrogen-bond acceptors (Lipinski definition) is 7. The summed E-state index contributed by atoms with van der Waals surface area (Å²) < 4.78 is 0.966. The summed E-state index contributed by atoms with van der Waals surface area (Å²) in [4.78, 5) is 24.5. The molecule has 0 spiro atoms. The summed E-state index contributed by atoms with van der Waals surface area (Å²) in [5, 5.41) is 3.78. The molecule has 0 radical (unpaired) electrons. The fourth-order valence-electron chi connectivity index (χ4n) is 5.58. The minimum Gasteiger partial charge on any atom is -0.379 e. The molecule has 6 rings (SSSR count). The monoisotopic (exact) mass is 574 g/mol. The highest BCUT2D eigenvalue weighted by Gasteiger charge is 2.23. The predicted molar refractivity (Wildman–Crippen MR) is 159 cm³/mol. The van der Waals surface area contributed by atoms with Crippen LogP contribution >= 0.6 is 15.9 Å². The predicted octanol–water partition coefficient (Wildman–Crippen LogP) is 5.39. The lowest BCUT2D eigenvalue weighted by molar-refractivity contribution is 0.177. The van der Waals surface area contributed by atoms with Gasteiger partial charge in [0.15, 0.2) is 5.65 Å². The Morgan fingerprint density at radius 3 is 2.16 bits per heavy atom. The SMILES string of the molecule is CC(C)N1CCC(Nc2c(Br)cnc3nc(-c4ccc(N5CCN(c6ccncc6)CC5)cc4)[nH]c23)CC1. The first kappa shape index (κ1) is 25.1. The number of nitrogens with one attached hydrogen (secondary N) is 2. The molecule has 0 aliphatic carbocycles. The van der Waals surface area contributed by atoms with E-state index in [4.69, 9.17) is 4.98 Å². The number of rotatable bonds is 6. The maximum Gasteiger partial charge on any atom is 0.180 e. The van der Waals surface area contributed by atoms with Gasteiger partial charge in [0, 0.05) is 86.9 Å². The number of nitrogens with zero attached hydrogens (tertiary/aromatic N) is 6. The molecule has 4 aromatic rings. The number of piperidine rings is 1. The molecule has 2 fully saturated rings. The largest absolute Gasteiger partial charge is 0.379 e. The molecule has 1 aromatic carbocycles. The number of benzene rings is 1. The third-order valence-electron chi connectivity index (χ3n) is 7.90. The summed E-state index contributed by atoms with van der Waals surface area (Å²) >= 11 is 3.72. The number of piperazine rings is 1. The zero-order chi connectivity index (χ0) is 26.1. The van der Waals surface area contributed by atoms with Crippen LogP contribution in [0.2, 0.25) is 0 Å². The zero-order valence-corrected chi connectivity index (χ0v) is 23.7. The van der Waals surface area contributed by atoms with Gasteiger partial charge in [-0.05, 0) is 79.0 Å². The summed E-state index contributed by atoms with van der Waals surface area (Å²) in [7, 11) is 0. The second kappa shape index (κ2) is 10.9. The van der Waals surface area contributed by atoms with Gasteiger partial charge in [-0.15, -0.1) is 0 Å². The van der Waals surface area contributed by atoms with Crippen molar-refractivity contribution in [2.24, 2.45) is 0 Å².